The number of carbonyl (C=O) groups is 2. The van der Waals surface area contributed by atoms with E-state index in [0.717, 1.165) is 25.9 Å². The Hall–Kier alpha value is -1.14. The van der Waals surface area contributed by atoms with Gasteiger partial charge in [-0.2, -0.15) is 0 Å². The van der Waals surface area contributed by atoms with Gasteiger partial charge >= 0.3 is 5.97 Å². The molecule has 6 nitrogen and oxygen atoms in total. The third kappa shape index (κ3) is 2.31. The molecule has 0 unspecified atom stereocenters. The van der Waals surface area contributed by atoms with E-state index in [9.17, 15) is 14.7 Å². The van der Waals surface area contributed by atoms with Gasteiger partial charge in [-0.25, -0.2) is 0 Å². The molecule has 1 N–H and O–H groups in total. The van der Waals surface area contributed by atoms with Crippen LogP contribution < -0.4 is 0 Å². The van der Waals surface area contributed by atoms with Gasteiger partial charge in [0.25, 0.3) is 0 Å². The van der Waals surface area contributed by atoms with Crippen LogP contribution in [0, 0.1) is 11.3 Å². The fraction of sp³-hybridized carbons (Fsp3) is 0.857. The quantitative estimate of drug-likeness (QED) is 0.791. The molecule has 20 heavy (non-hydrogen) atoms. The summed E-state index contributed by atoms with van der Waals surface area (Å²) in [5, 5.41) is 9.47. The first kappa shape index (κ1) is 13.8. The fourth-order valence-electron chi connectivity index (χ4n) is 3.70. The summed E-state index contributed by atoms with van der Waals surface area (Å²) in [7, 11) is 0. The maximum absolute atomic E-state index is 12.3. The minimum absolute atomic E-state index is 0.0224. The summed E-state index contributed by atoms with van der Waals surface area (Å²) in [6, 6.07) is 0. The number of amides is 1. The van der Waals surface area contributed by atoms with E-state index < -0.39 is 11.4 Å². The minimum atomic E-state index is -0.790. The zero-order valence-corrected chi connectivity index (χ0v) is 11.7. The van der Waals surface area contributed by atoms with Crippen LogP contribution in [0.15, 0.2) is 0 Å². The van der Waals surface area contributed by atoms with Crippen LogP contribution >= 0.6 is 0 Å². The number of hydrogen-bond acceptors (Lipinski definition) is 4. The molecule has 0 aromatic carbocycles. The lowest BCUT2D eigenvalue weighted by molar-refractivity contribution is -0.150. The van der Waals surface area contributed by atoms with Crippen molar-refractivity contribution in [2.75, 3.05) is 45.9 Å². The van der Waals surface area contributed by atoms with Gasteiger partial charge < -0.3 is 14.7 Å². The zero-order chi connectivity index (χ0) is 14.2. The lowest BCUT2D eigenvalue weighted by Crippen LogP contribution is -2.44. The Morgan fingerprint density at radius 2 is 2.00 bits per heavy atom. The summed E-state index contributed by atoms with van der Waals surface area (Å²) in [4.78, 5) is 27.7. The van der Waals surface area contributed by atoms with E-state index in [1.165, 1.54) is 6.42 Å². The normalized spacial score (nSPS) is 34.2. The van der Waals surface area contributed by atoms with E-state index in [1.54, 1.807) is 0 Å². The first-order valence-electron chi connectivity index (χ1n) is 7.43. The van der Waals surface area contributed by atoms with Gasteiger partial charge in [-0.15, -0.1) is 0 Å². The van der Waals surface area contributed by atoms with Crippen LogP contribution in [0.25, 0.3) is 0 Å². The molecular weight excluding hydrogens is 260 g/mol. The Bertz CT molecular complexity index is 408. The molecule has 3 rings (SSSR count). The molecule has 1 amide bonds. The van der Waals surface area contributed by atoms with Gasteiger partial charge in [-0.1, -0.05) is 0 Å². The first-order valence-corrected chi connectivity index (χ1v) is 7.43. The molecule has 3 saturated heterocycles. The molecule has 0 bridgehead atoms. The van der Waals surface area contributed by atoms with Crippen LogP contribution in [-0.4, -0.2) is 72.7 Å². The molecule has 3 aliphatic rings. The molecule has 112 valence electrons. The second-order valence-electron chi connectivity index (χ2n) is 6.28. The van der Waals surface area contributed by atoms with Crippen molar-refractivity contribution in [1.29, 1.82) is 0 Å². The van der Waals surface area contributed by atoms with E-state index in [4.69, 9.17) is 4.74 Å². The average Bonchev–Trinajstić information content (AvgIpc) is 2.97. The number of carboxylic acid groups (broad SMARTS) is 1. The van der Waals surface area contributed by atoms with Crippen molar-refractivity contribution in [2.45, 2.75) is 19.3 Å². The number of piperidine rings is 1. The highest BCUT2D eigenvalue weighted by Gasteiger charge is 2.56. The maximum Gasteiger partial charge on any atom is 0.313 e. The molecule has 3 aliphatic heterocycles. The minimum Gasteiger partial charge on any atom is -0.481 e. The van der Waals surface area contributed by atoms with Crippen molar-refractivity contribution >= 4 is 11.9 Å². The highest BCUT2D eigenvalue weighted by molar-refractivity contribution is 5.79. The molecule has 0 aromatic heterocycles. The number of nitrogens with zero attached hydrogens (tertiary/aromatic N) is 2. The maximum atomic E-state index is 12.3. The summed E-state index contributed by atoms with van der Waals surface area (Å²) in [5.41, 5.74) is -0.790. The summed E-state index contributed by atoms with van der Waals surface area (Å²) in [6.07, 6.45) is 3.37. The lowest BCUT2D eigenvalue weighted by Gasteiger charge is -2.29. The van der Waals surface area contributed by atoms with E-state index in [1.807, 2.05) is 9.80 Å². The third-order valence-corrected chi connectivity index (χ3v) is 4.94. The molecular formula is C14H22N2O4. The van der Waals surface area contributed by atoms with Gasteiger partial charge in [-0.05, 0) is 19.3 Å². The number of rotatable bonds is 3. The molecule has 0 saturated carbocycles. The van der Waals surface area contributed by atoms with Gasteiger partial charge in [0.15, 0.2) is 0 Å². The van der Waals surface area contributed by atoms with Crippen LogP contribution in [0.5, 0.6) is 0 Å². The topological polar surface area (TPSA) is 70.1 Å². The predicted octanol–water partition coefficient (Wildman–Crippen LogP) is 0.0319. The van der Waals surface area contributed by atoms with Crippen LogP contribution in [0.1, 0.15) is 19.3 Å². The Morgan fingerprint density at radius 1 is 1.25 bits per heavy atom. The van der Waals surface area contributed by atoms with E-state index in [2.05, 4.69) is 0 Å². The van der Waals surface area contributed by atoms with E-state index in [-0.39, 0.29) is 18.4 Å². The van der Waals surface area contributed by atoms with Crippen LogP contribution in [0.3, 0.4) is 0 Å². The van der Waals surface area contributed by atoms with Crippen LogP contribution in [0.4, 0.5) is 0 Å². The number of fused-ring (bicyclic) bond motifs is 1. The first-order chi connectivity index (χ1) is 9.62. The van der Waals surface area contributed by atoms with Crippen LogP contribution in [0.2, 0.25) is 0 Å². The number of carboxylic acids is 1. The standard InChI is InChI=1S/C14H22N2O4/c17-12(16-4-2-1-3-5-16)7-15-6-11-8-20-10-14(11,9-15)13(18)19/h11H,1-10H2,(H,18,19)/t11-,14-/m1/s1. The highest BCUT2D eigenvalue weighted by Crippen LogP contribution is 2.41. The Morgan fingerprint density at radius 3 is 2.65 bits per heavy atom. The Labute approximate surface area is 118 Å². The van der Waals surface area contributed by atoms with Gasteiger partial charge in [0.1, 0.15) is 5.41 Å². The number of carbonyl (C=O) groups excluding carboxylic acids is 1. The number of aliphatic carboxylic acids is 1. The number of likely N-dealkylation sites (tertiary alicyclic amines) is 2. The van der Waals surface area contributed by atoms with Crippen molar-refractivity contribution in [2.24, 2.45) is 11.3 Å². The van der Waals surface area contributed by atoms with Crippen molar-refractivity contribution in [3.63, 3.8) is 0 Å². The van der Waals surface area contributed by atoms with E-state index in [0.29, 0.717) is 26.2 Å². The summed E-state index contributed by atoms with van der Waals surface area (Å²) in [5.74, 6) is -0.617. The predicted molar refractivity (Wildman–Crippen MR) is 71.2 cm³/mol. The molecule has 2 atom stereocenters. The largest absolute Gasteiger partial charge is 0.481 e. The fourth-order valence-corrected chi connectivity index (χ4v) is 3.70. The van der Waals surface area contributed by atoms with E-state index >= 15 is 0 Å². The lowest BCUT2D eigenvalue weighted by atomic mass is 9.81. The summed E-state index contributed by atoms with van der Waals surface area (Å²) >= 11 is 0. The zero-order valence-electron chi connectivity index (χ0n) is 11.7. The van der Waals surface area contributed by atoms with Crippen molar-refractivity contribution < 1.29 is 19.4 Å². The Kier molecular flexibility index (Phi) is 3.69. The Balaban J connectivity index is 1.60. The molecule has 0 aromatic rings. The van der Waals surface area contributed by atoms with Gasteiger partial charge in [0.2, 0.25) is 5.91 Å². The van der Waals surface area contributed by atoms with Gasteiger partial charge in [-0.3, -0.25) is 14.5 Å². The highest BCUT2D eigenvalue weighted by atomic mass is 16.5. The van der Waals surface area contributed by atoms with Gasteiger partial charge in [0, 0.05) is 32.1 Å². The molecule has 0 radical (unpaired) electrons. The molecule has 3 heterocycles. The molecule has 0 aliphatic carbocycles. The molecule has 6 heteroatoms. The van der Waals surface area contributed by atoms with Crippen molar-refractivity contribution in [3.05, 3.63) is 0 Å². The second kappa shape index (κ2) is 5.33. The number of hydrogen-bond donors (Lipinski definition) is 1. The summed E-state index contributed by atoms with van der Waals surface area (Å²) < 4.78 is 5.34. The molecule has 3 fully saturated rings. The number of ether oxygens (including phenoxy) is 1. The monoisotopic (exact) mass is 282 g/mol. The van der Waals surface area contributed by atoms with Crippen LogP contribution in [-0.2, 0) is 14.3 Å². The molecule has 0 spiro atoms. The SMILES string of the molecule is O=C(CN1C[C@@H]2COC[C@]2(C(=O)O)C1)N1CCCCC1. The third-order valence-electron chi connectivity index (χ3n) is 4.94. The van der Waals surface area contributed by atoms with Crippen molar-refractivity contribution in [3.8, 4) is 0 Å². The average molecular weight is 282 g/mol. The smallest absolute Gasteiger partial charge is 0.313 e. The second-order valence-corrected chi connectivity index (χ2v) is 6.28. The van der Waals surface area contributed by atoms with Gasteiger partial charge in [0.05, 0.1) is 19.8 Å². The van der Waals surface area contributed by atoms with Crippen molar-refractivity contribution in [1.82, 2.24) is 9.80 Å². The summed E-state index contributed by atoms with van der Waals surface area (Å²) in [6.45, 7) is 3.93.